The monoisotopic (exact) mass is 395 g/mol. The fourth-order valence-corrected chi connectivity index (χ4v) is 5.66. The molecule has 3 heteroatoms. The van der Waals surface area contributed by atoms with Crippen molar-refractivity contribution < 1.29 is 9.21 Å². The molecule has 2 aliphatic rings. The van der Waals surface area contributed by atoms with Crippen LogP contribution in [0.1, 0.15) is 41.6 Å². The molecule has 2 aliphatic heterocycles. The molecule has 2 saturated heterocycles. The van der Waals surface area contributed by atoms with Crippen LogP contribution in [0.15, 0.2) is 77.2 Å². The third-order valence-electron chi connectivity index (χ3n) is 7.12. The second-order valence-corrected chi connectivity index (χ2v) is 8.88. The first-order valence-electron chi connectivity index (χ1n) is 11.0. The number of nitrogens with zero attached hydrogens (tertiary/aromatic N) is 1. The van der Waals surface area contributed by atoms with E-state index in [0.717, 1.165) is 46.9 Å². The Morgan fingerprint density at radius 1 is 0.833 bits per heavy atom. The zero-order valence-electron chi connectivity index (χ0n) is 17.0. The van der Waals surface area contributed by atoms with Crippen LogP contribution in [0, 0.1) is 5.92 Å². The zero-order valence-corrected chi connectivity index (χ0v) is 17.0. The number of carbonyl (C=O) groups is 1. The van der Waals surface area contributed by atoms with Crippen LogP contribution in [0.5, 0.6) is 0 Å². The molecule has 3 nitrogen and oxygen atoms in total. The second-order valence-electron chi connectivity index (χ2n) is 8.88. The van der Waals surface area contributed by atoms with Crippen molar-refractivity contribution in [3.05, 3.63) is 83.9 Å². The Morgan fingerprint density at radius 3 is 2.33 bits per heavy atom. The van der Waals surface area contributed by atoms with E-state index in [1.54, 1.807) is 0 Å². The van der Waals surface area contributed by atoms with Crippen molar-refractivity contribution in [2.45, 2.75) is 44.3 Å². The van der Waals surface area contributed by atoms with Gasteiger partial charge in [-0.25, -0.2) is 0 Å². The maximum Gasteiger partial charge on any atom is 0.166 e. The molecule has 2 unspecified atom stereocenters. The summed E-state index contributed by atoms with van der Waals surface area (Å²) < 4.78 is 5.93. The summed E-state index contributed by atoms with van der Waals surface area (Å²) in [5.74, 6) is 0.434. The molecule has 6 rings (SSSR count). The molecule has 0 radical (unpaired) electrons. The summed E-state index contributed by atoms with van der Waals surface area (Å²) >= 11 is 0. The first kappa shape index (κ1) is 17.9. The van der Waals surface area contributed by atoms with Crippen molar-refractivity contribution in [2.75, 3.05) is 0 Å². The van der Waals surface area contributed by atoms with E-state index in [1.165, 1.54) is 18.4 Å². The quantitative estimate of drug-likeness (QED) is 0.385. The first-order valence-corrected chi connectivity index (χ1v) is 11.0. The van der Waals surface area contributed by atoms with Gasteiger partial charge in [-0.2, -0.15) is 0 Å². The molecule has 30 heavy (non-hydrogen) atoms. The molecule has 1 aromatic heterocycles. The van der Waals surface area contributed by atoms with Crippen LogP contribution in [0.25, 0.3) is 21.9 Å². The topological polar surface area (TPSA) is 33.5 Å². The van der Waals surface area contributed by atoms with Crippen LogP contribution in [-0.4, -0.2) is 22.8 Å². The molecule has 0 saturated carbocycles. The average Bonchev–Trinajstić information content (AvgIpc) is 3.25. The summed E-state index contributed by atoms with van der Waals surface area (Å²) in [6.07, 6.45) is 4.39. The molecule has 4 aromatic rings. The van der Waals surface area contributed by atoms with E-state index in [0.29, 0.717) is 17.9 Å². The summed E-state index contributed by atoms with van der Waals surface area (Å²) in [6.45, 7) is 1.00. The van der Waals surface area contributed by atoms with Crippen LogP contribution in [0.3, 0.4) is 0 Å². The van der Waals surface area contributed by atoms with Crippen molar-refractivity contribution >= 4 is 27.7 Å². The number of furan rings is 1. The van der Waals surface area contributed by atoms with E-state index in [9.17, 15) is 4.79 Å². The highest BCUT2D eigenvalue weighted by molar-refractivity contribution is 6.08. The summed E-state index contributed by atoms with van der Waals surface area (Å²) in [5.41, 5.74) is 3.93. The number of piperidine rings is 1. The number of para-hydroxylation sites is 1. The molecular formula is C27H25NO2. The molecule has 0 N–H and O–H groups in total. The summed E-state index contributed by atoms with van der Waals surface area (Å²) in [5, 5.41) is 2.13. The van der Waals surface area contributed by atoms with Gasteiger partial charge < -0.3 is 4.42 Å². The Bertz CT molecular complexity index is 1210. The first-order chi connectivity index (χ1) is 14.8. The summed E-state index contributed by atoms with van der Waals surface area (Å²) in [7, 11) is 0. The molecule has 0 spiro atoms. The van der Waals surface area contributed by atoms with E-state index in [2.05, 4.69) is 41.3 Å². The molecule has 2 bridgehead atoms. The van der Waals surface area contributed by atoms with Gasteiger partial charge in [-0.05, 0) is 55.5 Å². The molecule has 0 amide bonds. The molecule has 2 fully saturated rings. The lowest BCUT2D eigenvalue weighted by atomic mass is 9.84. The van der Waals surface area contributed by atoms with Gasteiger partial charge in [-0.1, -0.05) is 48.5 Å². The van der Waals surface area contributed by atoms with Gasteiger partial charge in [0.25, 0.3) is 0 Å². The zero-order chi connectivity index (χ0) is 20.1. The second kappa shape index (κ2) is 7.10. The highest BCUT2D eigenvalue weighted by atomic mass is 16.3. The maximum atomic E-state index is 13.4. The number of ketones is 1. The molecule has 0 aliphatic carbocycles. The van der Waals surface area contributed by atoms with Crippen LogP contribution in [-0.2, 0) is 6.54 Å². The Kier molecular flexibility index (Phi) is 4.24. The van der Waals surface area contributed by atoms with Crippen LogP contribution in [0.4, 0.5) is 0 Å². The summed E-state index contributed by atoms with van der Waals surface area (Å²) in [6, 6.07) is 25.8. The number of rotatable bonds is 4. The van der Waals surface area contributed by atoms with Gasteiger partial charge in [-0.15, -0.1) is 0 Å². The Balaban J connectivity index is 1.25. The molecule has 2 atom stereocenters. The smallest absolute Gasteiger partial charge is 0.166 e. The van der Waals surface area contributed by atoms with E-state index in [-0.39, 0.29) is 5.92 Å². The van der Waals surface area contributed by atoms with Crippen molar-refractivity contribution in [1.29, 1.82) is 0 Å². The van der Waals surface area contributed by atoms with Gasteiger partial charge >= 0.3 is 0 Å². The number of carbonyl (C=O) groups excluding carboxylic acids is 1. The molecule has 3 heterocycles. The molecular weight excluding hydrogens is 370 g/mol. The van der Waals surface area contributed by atoms with Gasteiger partial charge in [0.1, 0.15) is 11.2 Å². The van der Waals surface area contributed by atoms with E-state index >= 15 is 0 Å². The highest BCUT2D eigenvalue weighted by Crippen LogP contribution is 2.41. The van der Waals surface area contributed by atoms with E-state index in [1.807, 2.05) is 36.4 Å². The van der Waals surface area contributed by atoms with Crippen LogP contribution < -0.4 is 0 Å². The van der Waals surface area contributed by atoms with Gasteiger partial charge in [0.2, 0.25) is 0 Å². The van der Waals surface area contributed by atoms with E-state index < -0.39 is 0 Å². The predicted octanol–water partition coefficient (Wildman–Crippen LogP) is 6.21. The standard InChI is InChI=1S/C27H25NO2/c29-27(19-10-13-26-24(16-19)23-8-4-5-9-25(23)30-26)20-14-21-11-12-22(15-20)28(21)17-18-6-2-1-3-7-18/h1-10,13,16,20-22H,11-12,14-15,17H2. The maximum absolute atomic E-state index is 13.4. The Hall–Kier alpha value is -2.91. The number of Topliss-reactive ketones (excluding diaryl/α,β-unsaturated/α-hetero) is 1. The lowest BCUT2D eigenvalue weighted by Gasteiger charge is -2.38. The number of benzene rings is 3. The normalized spacial score (nSPS) is 23.9. The third-order valence-corrected chi connectivity index (χ3v) is 7.12. The fourth-order valence-electron chi connectivity index (χ4n) is 5.66. The van der Waals surface area contributed by atoms with Gasteiger partial charge in [0.05, 0.1) is 0 Å². The summed E-state index contributed by atoms with van der Waals surface area (Å²) in [4.78, 5) is 16.1. The largest absolute Gasteiger partial charge is 0.456 e. The third kappa shape index (κ3) is 2.96. The average molecular weight is 396 g/mol. The van der Waals surface area contributed by atoms with Gasteiger partial charge in [0.15, 0.2) is 5.78 Å². The van der Waals surface area contributed by atoms with Crippen molar-refractivity contribution in [2.24, 2.45) is 5.92 Å². The number of hydrogen-bond donors (Lipinski definition) is 0. The van der Waals surface area contributed by atoms with Crippen molar-refractivity contribution in [1.82, 2.24) is 4.90 Å². The number of fused-ring (bicyclic) bond motifs is 5. The van der Waals surface area contributed by atoms with Crippen molar-refractivity contribution in [3.8, 4) is 0 Å². The van der Waals surface area contributed by atoms with Crippen LogP contribution >= 0.6 is 0 Å². The molecule has 150 valence electrons. The van der Waals surface area contributed by atoms with Gasteiger partial charge in [0, 0.05) is 40.9 Å². The lowest BCUT2D eigenvalue weighted by molar-refractivity contribution is 0.0678. The minimum Gasteiger partial charge on any atom is -0.456 e. The Labute approximate surface area is 176 Å². The molecule has 3 aromatic carbocycles. The number of hydrogen-bond acceptors (Lipinski definition) is 3. The minimum absolute atomic E-state index is 0.130. The predicted molar refractivity (Wildman–Crippen MR) is 120 cm³/mol. The van der Waals surface area contributed by atoms with Crippen molar-refractivity contribution in [3.63, 3.8) is 0 Å². The van der Waals surface area contributed by atoms with Gasteiger partial charge in [-0.3, -0.25) is 9.69 Å². The fraction of sp³-hybridized carbons (Fsp3) is 0.296. The van der Waals surface area contributed by atoms with Crippen LogP contribution in [0.2, 0.25) is 0 Å². The SMILES string of the molecule is O=C(c1ccc2oc3ccccc3c2c1)C1CC2CCC(C1)N2Cc1ccccc1. The minimum atomic E-state index is 0.130. The Morgan fingerprint density at radius 2 is 1.53 bits per heavy atom. The van der Waals surface area contributed by atoms with E-state index in [4.69, 9.17) is 4.42 Å². The highest BCUT2D eigenvalue weighted by Gasteiger charge is 2.42. The lowest BCUT2D eigenvalue weighted by Crippen LogP contribution is -2.44.